The molecule has 0 bridgehead atoms. The first-order valence-electron chi connectivity index (χ1n) is 4.65. The van der Waals surface area contributed by atoms with Crippen LogP contribution in [0.15, 0.2) is 30.0 Å². The van der Waals surface area contributed by atoms with Gasteiger partial charge in [0.05, 0.1) is 0 Å². The van der Waals surface area contributed by atoms with Crippen LogP contribution >= 0.6 is 0 Å². The summed E-state index contributed by atoms with van der Waals surface area (Å²) in [5, 5.41) is 0. The van der Waals surface area contributed by atoms with Gasteiger partial charge in [0.2, 0.25) is 0 Å². The highest BCUT2D eigenvalue weighted by atomic mass is 14.7. The molecule has 0 atom stereocenters. The number of rotatable bonds is 0. The Labute approximate surface area is 79.2 Å². The number of nitrogens with one attached hydrogen (secondary N) is 1. The van der Waals surface area contributed by atoms with E-state index in [0.29, 0.717) is 0 Å². The minimum atomic E-state index is 0.142. The highest BCUT2D eigenvalue weighted by Gasteiger charge is 2.22. The molecular weight excluding hydrogens is 158 g/mol. The van der Waals surface area contributed by atoms with Gasteiger partial charge in [0.15, 0.2) is 0 Å². The quantitative estimate of drug-likeness (QED) is 0.619. The number of allylic oxidation sites excluding steroid dienone is 3. The Bertz CT molecular complexity index is 378. The van der Waals surface area contributed by atoms with Gasteiger partial charge >= 0.3 is 0 Å². The molecule has 1 heterocycles. The molecule has 0 amide bonds. The van der Waals surface area contributed by atoms with E-state index in [2.05, 4.69) is 50.0 Å². The predicted molar refractivity (Wildman–Crippen MR) is 56.6 cm³/mol. The summed E-state index contributed by atoms with van der Waals surface area (Å²) in [5.74, 6) is 0. The Morgan fingerprint density at radius 2 is 2.00 bits per heavy atom. The molecule has 13 heavy (non-hydrogen) atoms. The molecule has 0 aliphatic heterocycles. The topological polar surface area (TPSA) is 15.8 Å². The molecule has 1 nitrogen and oxygen atoms in total. The fourth-order valence-electron chi connectivity index (χ4n) is 1.99. The maximum Gasteiger partial charge on any atom is 0.0421 e. The highest BCUT2D eigenvalue weighted by Crippen LogP contribution is 2.31. The smallest absolute Gasteiger partial charge is 0.0421 e. The van der Waals surface area contributed by atoms with E-state index in [-0.39, 0.29) is 5.41 Å². The van der Waals surface area contributed by atoms with Crippen LogP contribution < -0.4 is 0 Å². The summed E-state index contributed by atoms with van der Waals surface area (Å²) in [6, 6.07) is 2.16. The standard InChI is InChI=1S/C12H15N/c1-9-4-5-11-10(6-7-13-11)12(2,3)8-9/h4-8,13H,1-3H3. The molecule has 1 heteroatoms. The normalized spacial score (nSPS) is 19.2. The van der Waals surface area contributed by atoms with Crippen molar-refractivity contribution in [2.45, 2.75) is 26.2 Å². The molecular formula is C12H15N. The van der Waals surface area contributed by atoms with Crippen LogP contribution in [0.2, 0.25) is 0 Å². The molecule has 1 aromatic heterocycles. The predicted octanol–water partition coefficient (Wildman–Crippen LogP) is 3.27. The first kappa shape index (κ1) is 8.36. The lowest BCUT2D eigenvalue weighted by Gasteiger charge is -2.19. The molecule has 0 saturated heterocycles. The summed E-state index contributed by atoms with van der Waals surface area (Å²) in [6.07, 6.45) is 8.62. The largest absolute Gasteiger partial charge is 0.361 e. The molecule has 0 saturated carbocycles. The van der Waals surface area contributed by atoms with E-state index in [0.717, 1.165) is 0 Å². The van der Waals surface area contributed by atoms with Crippen molar-refractivity contribution >= 4 is 6.08 Å². The van der Waals surface area contributed by atoms with Gasteiger partial charge in [-0.1, -0.05) is 31.6 Å². The van der Waals surface area contributed by atoms with Crippen molar-refractivity contribution in [1.29, 1.82) is 0 Å². The van der Waals surface area contributed by atoms with E-state index < -0.39 is 0 Å². The van der Waals surface area contributed by atoms with Gasteiger partial charge in [-0.3, -0.25) is 0 Å². The molecule has 0 spiro atoms. The second kappa shape index (κ2) is 2.63. The van der Waals surface area contributed by atoms with Gasteiger partial charge in [-0.05, 0) is 24.6 Å². The fraction of sp³-hybridized carbons (Fsp3) is 0.333. The van der Waals surface area contributed by atoms with Crippen LogP contribution in [0, 0.1) is 0 Å². The molecule has 2 rings (SSSR count). The first-order valence-corrected chi connectivity index (χ1v) is 4.65. The highest BCUT2D eigenvalue weighted by molar-refractivity contribution is 5.58. The van der Waals surface area contributed by atoms with E-state index >= 15 is 0 Å². The molecule has 0 unspecified atom stereocenters. The van der Waals surface area contributed by atoms with Crippen LogP contribution in [-0.4, -0.2) is 4.98 Å². The van der Waals surface area contributed by atoms with Crippen molar-refractivity contribution in [3.8, 4) is 0 Å². The molecule has 68 valence electrons. The lowest BCUT2D eigenvalue weighted by Crippen LogP contribution is -2.13. The fourth-order valence-corrected chi connectivity index (χ4v) is 1.99. The van der Waals surface area contributed by atoms with Crippen LogP contribution in [0.3, 0.4) is 0 Å². The number of H-pyrrole nitrogens is 1. The van der Waals surface area contributed by atoms with Crippen LogP contribution in [0.5, 0.6) is 0 Å². The summed E-state index contributed by atoms with van der Waals surface area (Å²) in [7, 11) is 0. The lowest BCUT2D eigenvalue weighted by molar-refractivity contribution is 0.667. The second-order valence-electron chi connectivity index (χ2n) is 4.25. The Morgan fingerprint density at radius 3 is 2.77 bits per heavy atom. The van der Waals surface area contributed by atoms with Crippen molar-refractivity contribution in [2.75, 3.05) is 0 Å². The number of fused-ring (bicyclic) bond motifs is 1. The summed E-state index contributed by atoms with van der Waals surface area (Å²) in [5.41, 5.74) is 4.08. The maximum absolute atomic E-state index is 3.25. The molecule has 1 aliphatic carbocycles. The third-order valence-electron chi connectivity index (χ3n) is 2.57. The minimum Gasteiger partial charge on any atom is -0.361 e. The van der Waals surface area contributed by atoms with Gasteiger partial charge in [-0.2, -0.15) is 0 Å². The summed E-state index contributed by atoms with van der Waals surface area (Å²) in [6.45, 7) is 6.64. The third kappa shape index (κ3) is 1.35. The first-order chi connectivity index (χ1) is 6.09. The van der Waals surface area contributed by atoms with Crippen LogP contribution in [0.1, 0.15) is 32.0 Å². The van der Waals surface area contributed by atoms with Gasteiger partial charge in [-0.15, -0.1) is 0 Å². The Morgan fingerprint density at radius 1 is 1.23 bits per heavy atom. The van der Waals surface area contributed by atoms with Crippen LogP contribution in [0.25, 0.3) is 6.08 Å². The molecule has 1 aliphatic rings. The van der Waals surface area contributed by atoms with Gasteiger partial charge in [-0.25, -0.2) is 0 Å². The molecule has 0 radical (unpaired) electrons. The lowest BCUT2D eigenvalue weighted by atomic mass is 9.84. The van der Waals surface area contributed by atoms with Gasteiger partial charge < -0.3 is 4.98 Å². The Kier molecular flexibility index (Phi) is 1.69. The summed E-state index contributed by atoms with van der Waals surface area (Å²) >= 11 is 0. The molecule has 1 N–H and O–H groups in total. The van der Waals surface area contributed by atoms with E-state index in [1.165, 1.54) is 16.8 Å². The third-order valence-corrected chi connectivity index (χ3v) is 2.57. The van der Waals surface area contributed by atoms with E-state index in [1.54, 1.807) is 0 Å². The SMILES string of the molecule is CC1=CC(C)(C)c2cc[nH]c2C=C1. The van der Waals surface area contributed by atoms with Crippen molar-refractivity contribution in [2.24, 2.45) is 0 Å². The zero-order valence-electron chi connectivity index (χ0n) is 8.39. The van der Waals surface area contributed by atoms with E-state index in [4.69, 9.17) is 0 Å². The number of aromatic nitrogens is 1. The van der Waals surface area contributed by atoms with Gasteiger partial charge in [0.1, 0.15) is 0 Å². The average molecular weight is 173 g/mol. The number of hydrogen-bond acceptors (Lipinski definition) is 0. The average Bonchev–Trinajstić information content (AvgIpc) is 2.44. The van der Waals surface area contributed by atoms with Gasteiger partial charge in [0, 0.05) is 17.3 Å². The van der Waals surface area contributed by atoms with Crippen LogP contribution in [0.4, 0.5) is 0 Å². The molecule has 1 aromatic rings. The van der Waals surface area contributed by atoms with Crippen molar-refractivity contribution in [3.63, 3.8) is 0 Å². The van der Waals surface area contributed by atoms with Crippen LogP contribution in [-0.2, 0) is 5.41 Å². The molecule has 0 aromatic carbocycles. The zero-order valence-corrected chi connectivity index (χ0v) is 8.39. The molecule has 0 fully saturated rings. The number of aromatic amines is 1. The van der Waals surface area contributed by atoms with Crippen molar-refractivity contribution in [3.05, 3.63) is 41.2 Å². The Hall–Kier alpha value is -1.24. The van der Waals surface area contributed by atoms with E-state index in [9.17, 15) is 0 Å². The monoisotopic (exact) mass is 173 g/mol. The van der Waals surface area contributed by atoms with Crippen molar-refractivity contribution < 1.29 is 0 Å². The van der Waals surface area contributed by atoms with E-state index in [1.807, 2.05) is 6.20 Å². The zero-order chi connectivity index (χ0) is 9.47. The minimum absolute atomic E-state index is 0.142. The Balaban J connectivity index is 2.62. The second-order valence-corrected chi connectivity index (χ2v) is 4.25. The van der Waals surface area contributed by atoms with Crippen molar-refractivity contribution in [1.82, 2.24) is 4.98 Å². The summed E-state index contributed by atoms with van der Waals surface area (Å²) < 4.78 is 0. The number of hydrogen-bond donors (Lipinski definition) is 1. The van der Waals surface area contributed by atoms with Gasteiger partial charge in [0.25, 0.3) is 0 Å². The maximum atomic E-state index is 3.25. The summed E-state index contributed by atoms with van der Waals surface area (Å²) in [4.78, 5) is 3.25.